The maximum absolute atomic E-state index is 6.14. The van der Waals surface area contributed by atoms with E-state index in [2.05, 4.69) is 0 Å². The number of halogens is 4. The predicted octanol–water partition coefficient (Wildman–Crippen LogP) is 5.04. The number of benzene rings is 1. The topological polar surface area (TPSA) is 0 Å². The molecule has 1 atom stereocenters. The maximum atomic E-state index is 6.14. The van der Waals surface area contributed by atoms with Crippen LogP contribution in [0, 0.1) is 6.92 Å². The maximum Gasteiger partial charge on any atom is 0.192 e. The summed E-state index contributed by atoms with van der Waals surface area (Å²) in [5.41, 5.74) is 2.13. The molecule has 0 heterocycles. The van der Waals surface area contributed by atoms with E-state index >= 15 is 0 Å². The van der Waals surface area contributed by atoms with Gasteiger partial charge in [0.15, 0.2) is 3.79 Å². The Morgan fingerprint density at radius 2 is 1.79 bits per heavy atom. The standard InChI is InChI=1S/C10H10Cl4/c1-7-4-2-3-5-8(7)9(11)6-10(12,13)14/h2-5,9H,6H2,1H3. The number of hydrogen-bond donors (Lipinski definition) is 0. The molecule has 0 amide bonds. The van der Waals surface area contributed by atoms with Gasteiger partial charge in [-0.3, -0.25) is 0 Å². The van der Waals surface area contributed by atoms with E-state index in [4.69, 9.17) is 46.4 Å². The molecular formula is C10H10Cl4. The van der Waals surface area contributed by atoms with Crippen LogP contribution in [-0.4, -0.2) is 3.79 Å². The molecule has 78 valence electrons. The summed E-state index contributed by atoms with van der Waals surface area (Å²) < 4.78 is -1.30. The highest BCUT2D eigenvalue weighted by atomic mass is 35.6. The lowest BCUT2D eigenvalue weighted by Gasteiger charge is -2.17. The summed E-state index contributed by atoms with van der Waals surface area (Å²) in [6.45, 7) is 1.99. The van der Waals surface area contributed by atoms with Gasteiger partial charge in [0.05, 0.1) is 5.38 Å². The zero-order chi connectivity index (χ0) is 10.8. The van der Waals surface area contributed by atoms with Gasteiger partial charge in [0.1, 0.15) is 0 Å². The third-order valence-electron chi connectivity index (χ3n) is 1.94. The van der Waals surface area contributed by atoms with Crippen LogP contribution in [0.1, 0.15) is 22.9 Å². The fraction of sp³-hybridized carbons (Fsp3) is 0.400. The second-order valence-electron chi connectivity index (χ2n) is 3.14. The van der Waals surface area contributed by atoms with Gasteiger partial charge < -0.3 is 0 Å². The first-order chi connectivity index (χ1) is 6.40. The van der Waals surface area contributed by atoms with E-state index in [1.54, 1.807) is 0 Å². The molecule has 0 saturated carbocycles. The molecule has 1 rings (SSSR count). The molecule has 4 heteroatoms. The first-order valence-electron chi connectivity index (χ1n) is 4.16. The number of alkyl halides is 4. The molecule has 0 aromatic heterocycles. The van der Waals surface area contributed by atoms with Crippen LogP contribution >= 0.6 is 46.4 Å². The van der Waals surface area contributed by atoms with Gasteiger partial charge >= 0.3 is 0 Å². The smallest absolute Gasteiger partial charge is 0.118 e. The Kier molecular flexibility index (Phi) is 4.39. The highest BCUT2D eigenvalue weighted by molar-refractivity contribution is 6.67. The molecule has 14 heavy (non-hydrogen) atoms. The van der Waals surface area contributed by atoms with Crippen molar-refractivity contribution in [1.29, 1.82) is 0 Å². The minimum atomic E-state index is -1.30. The van der Waals surface area contributed by atoms with Gasteiger partial charge in [-0.15, -0.1) is 11.6 Å². The summed E-state index contributed by atoms with van der Waals surface area (Å²) in [6, 6.07) is 7.82. The van der Waals surface area contributed by atoms with Crippen LogP contribution < -0.4 is 0 Å². The first-order valence-corrected chi connectivity index (χ1v) is 5.73. The van der Waals surface area contributed by atoms with Gasteiger partial charge in [0, 0.05) is 6.42 Å². The van der Waals surface area contributed by atoms with Gasteiger partial charge in [-0.2, -0.15) is 0 Å². The Morgan fingerprint density at radius 1 is 1.21 bits per heavy atom. The summed E-state index contributed by atoms with van der Waals surface area (Å²) in [5, 5.41) is -0.260. The van der Waals surface area contributed by atoms with Gasteiger partial charge in [-0.05, 0) is 18.1 Å². The van der Waals surface area contributed by atoms with Gasteiger partial charge in [-0.1, -0.05) is 59.1 Å². The molecule has 0 saturated heterocycles. The fourth-order valence-corrected chi connectivity index (χ4v) is 2.43. The fourth-order valence-electron chi connectivity index (χ4n) is 1.25. The normalized spacial score (nSPS) is 14.1. The number of rotatable bonds is 2. The van der Waals surface area contributed by atoms with Crippen LogP contribution in [0.2, 0.25) is 0 Å². The lowest BCUT2D eigenvalue weighted by Crippen LogP contribution is -2.07. The third kappa shape index (κ3) is 3.86. The molecule has 0 N–H and O–H groups in total. The number of hydrogen-bond acceptors (Lipinski definition) is 0. The van der Waals surface area contributed by atoms with E-state index in [-0.39, 0.29) is 5.38 Å². The third-order valence-corrected chi connectivity index (χ3v) is 2.79. The minimum Gasteiger partial charge on any atom is -0.118 e. The van der Waals surface area contributed by atoms with E-state index in [9.17, 15) is 0 Å². The zero-order valence-electron chi connectivity index (χ0n) is 7.61. The summed E-state index contributed by atoms with van der Waals surface area (Å²) in [4.78, 5) is 0. The zero-order valence-corrected chi connectivity index (χ0v) is 10.6. The molecule has 1 aromatic carbocycles. The monoisotopic (exact) mass is 270 g/mol. The second-order valence-corrected chi connectivity index (χ2v) is 6.19. The van der Waals surface area contributed by atoms with Gasteiger partial charge in [0.25, 0.3) is 0 Å². The molecule has 0 aliphatic carbocycles. The first kappa shape index (κ1) is 12.4. The van der Waals surface area contributed by atoms with Crippen LogP contribution in [0.5, 0.6) is 0 Å². The van der Waals surface area contributed by atoms with Crippen LogP contribution in [0.3, 0.4) is 0 Å². The van der Waals surface area contributed by atoms with E-state index in [1.807, 2.05) is 31.2 Å². The molecular weight excluding hydrogens is 262 g/mol. The average Bonchev–Trinajstić information content (AvgIpc) is 2.01. The Morgan fingerprint density at radius 3 is 2.29 bits per heavy atom. The Bertz CT molecular complexity index is 303. The van der Waals surface area contributed by atoms with E-state index in [0.717, 1.165) is 11.1 Å². The SMILES string of the molecule is Cc1ccccc1C(Cl)CC(Cl)(Cl)Cl. The van der Waals surface area contributed by atoms with Crippen LogP contribution in [0.15, 0.2) is 24.3 Å². The van der Waals surface area contributed by atoms with E-state index < -0.39 is 3.79 Å². The largest absolute Gasteiger partial charge is 0.192 e. The molecule has 0 radical (unpaired) electrons. The van der Waals surface area contributed by atoms with Crippen LogP contribution in [-0.2, 0) is 0 Å². The molecule has 0 bridgehead atoms. The van der Waals surface area contributed by atoms with Crippen LogP contribution in [0.25, 0.3) is 0 Å². The summed E-state index contributed by atoms with van der Waals surface area (Å²) in [5.74, 6) is 0. The van der Waals surface area contributed by atoms with Crippen molar-refractivity contribution in [3.05, 3.63) is 35.4 Å². The quantitative estimate of drug-likeness (QED) is 0.662. The minimum absolute atomic E-state index is 0.260. The van der Waals surface area contributed by atoms with Crippen molar-refractivity contribution in [3.63, 3.8) is 0 Å². The molecule has 1 aromatic rings. The highest BCUT2D eigenvalue weighted by Crippen LogP contribution is 2.39. The lowest BCUT2D eigenvalue weighted by molar-refractivity contribution is 0.815. The van der Waals surface area contributed by atoms with Crippen molar-refractivity contribution >= 4 is 46.4 Å². The predicted molar refractivity (Wildman–Crippen MR) is 64.7 cm³/mol. The Balaban J connectivity index is 2.80. The Hall–Kier alpha value is 0.380. The molecule has 1 unspecified atom stereocenters. The van der Waals surface area contributed by atoms with Crippen molar-refractivity contribution < 1.29 is 0 Å². The van der Waals surface area contributed by atoms with E-state index in [1.165, 1.54) is 0 Å². The second kappa shape index (κ2) is 4.94. The molecule has 0 aliphatic rings. The Labute approximate surface area is 104 Å². The highest BCUT2D eigenvalue weighted by Gasteiger charge is 2.25. The van der Waals surface area contributed by atoms with Crippen molar-refractivity contribution in [2.45, 2.75) is 22.5 Å². The summed E-state index contributed by atoms with van der Waals surface area (Å²) in [7, 11) is 0. The van der Waals surface area contributed by atoms with Gasteiger partial charge in [-0.25, -0.2) is 0 Å². The average molecular weight is 272 g/mol. The van der Waals surface area contributed by atoms with Crippen molar-refractivity contribution in [2.24, 2.45) is 0 Å². The van der Waals surface area contributed by atoms with Crippen LogP contribution in [0.4, 0.5) is 0 Å². The van der Waals surface area contributed by atoms with Crippen molar-refractivity contribution in [3.8, 4) is 0 Å². The van der Waals surface area contributed by atoms with E-state index in [0.29, 0.717) is 6.42 Å². The molecule has 0 spiro atoms. The molecule has 0 aliphatic heterocycles. The van der Waals surface area contributed by atoms with Crippen molar-refractivity contribution in [1.82, 2.24) is 0 Å². The van der Waals surface area contributed by atoms with Crippen molar-refractivity contribution in [2.75, 3.05) is 0 Å². The number of aryl methyl sites for hydroxylation is 1. The summed E-state index contributed by atoms with van der Waals surface area (Å²) in [6.07, 6.45) is 0.310. The molecule has 0 nitrogen and oxygen atoms in total. The molecule has 0 fully saturated rings. The lowest BCUT2D eigenvalue weighted by atomic mass is 10.0. The van der Waals surface area contributed by atoms with Gasteiger partial charge in [0.2, 0.25) is 0 Å². The summed E-state index contributed by atoms with van der Waals surface area (Å²) >= 11 is 23.2.